The Morgan fingerprint density at radius 2 is 1.62 bits per heavy atom. The maximum Gasteiger partial charge on any atom is 0.333 e. The first-order valence-electron chi connectivity index (χ1n) is 12.3. The molecule has 40 heavy (non-hydrogen) atoms. The number of nitrogens with one attached hydrogen (secondary N) is 1. The Kier molecular flexibility index (Phi) is 8.74. The first kappa shape index (κ1) is 28.2. The van der Waals surface area contributed by atoms with E-state index in [1.807, 2.05) is 30.3 Å². The molecule has 1 aliphatic heterocycles. The van der Waals surface area contributed by atoms with Gasteiger partial charge < -0.3 is 24.3 Å². The number of benzene rings is 1. The smallest absolute Gasteiger partial charge is 0.333 e. The quantitative estimate of drug-likeness (QED) is 0.303. The predicted octanol–water partition coefficient (Wildman–Crippen LogP) is 1.52. The first-order chi connectivity index (χ1) is 19.1. The Bertz CT molecular complexity index is 1500. The molecule has 1 aromatic carbocycles. The number of nitrogens with zero attached hydrogens (tertiary/aromatic N) is 3. The topological polar surface area (TPSA) is 157 Å². The standard InChI is InChI=1S/C27H28N4O9/c1-16(32)37-15-22-24(38-17(2)33)25(39-18(3)34)26(40-22)30-12-10-23(35)31(27(30)36)14-21-13-20(9-11-28-21)29-19-7-5-4-6-8-19/h4-13,22,24-26H,14-15H2,1-3H3,(H,28,29)/t22-,24?,25?,26-/m1/s1. The molecule has 0 aliphatic carbocycles. The number of hydrogen-bond acceptors (Lipinski definition) is 11. The van der Waals surface area contributed by atoms with Gasteiger partial charge in [0.2, 0.25) is 0 Å². The SMILES string of the molecule is CC(=O)OC[C@H]1O[C@@H](n2ccc(=O)n(Cc3cc(Nc4ccccc4)ccn3)c2=O)C(OC(C)=O)C1OC(C)=O. The summed E-state index contributed by atoms with van der Waals surface area (Å²) in [6.07, 6.45) is -2.08. The number of pyridine rings is 1. The lowest BCUT2D eigenvalue weighted by Gasteiger charge is -2.24. The molecular weight excluding hydrogens is 524 g/mol. The van der Waals surface area contributed by atoms with E-state index >= 15 is 0 Å². The van der Waals surface area contributed by atoms with Crippen molar-refractivity contribution in [3.05, 3.63) is 87.5 Å². The van der Waals surface area contributed by atoms with Crippen LogP contribution in [0.15, 0.2) is 70.5 Å². The maximum atomic E-state index is 13.6. The van der Waals surface area contributed by atoms with Crippen LogP contribution in [0.5, 0.6) is 0 Å². The molecule has 13 heteroatoms. The molecule has 0 bridgehead atoms. The van der Waals surface area contributed by atoms with Crippen molar-refractivity contribution in [3.8, 4) is 0 Å². The number of para-hydroxylation sites is 1. The zero-order valence-corrected chi connectivity index (χ0v) is 22.0. The van der Waals surface area contributed by atoms with Crippen molar-refractivity contribution in [1.82, 2.24) is 14.1 Å². The molecule has 1 saturated heterocycles. The minimum Gasteiger partial charge on any atom is -0.463 e. The third kappa shape index (κ3) is 6.80. The summed E-state index contributed by atoms with van der Waals surface area (Å²) in [6, 6.07) is 14.0. The summed E-state index contributed by atoms with van der Waals surface area (Å²) in [6.45, 7) is 2.99. The Hall–Kier alpha value is -4.78. The van der Waals surface area contributed by atoms with Gasteiger partial charge in [0.05, 0.1) is 12.2 Å². The second kappa shape index (κ2) is 12.4. The number of anilines is 2. The molecule has 3 heterocycles. The molecule has 13 nitrogen and oxygen atoms in total. The van der Waals surface area contributed by atoms with Crippen molar-refractivity contribution >= 4 is 29.3 Å². The summed E-state index contributed by atoms with van der Waals surface area (Å²) >= 11 is 0. The highest BCUT2D eigenvalue weighted by Gasteiger charge is 2.51. The van der Waals surface area contributed by atoms with Gasteiger partial charge in [-0.15, -0.1) is 0 Å². The van der Waals surface area contributed by atoms with Crippen LogP contribution in [0, 0.1) is 0 Å². The molecule has 0 amide bonds. The monoisotopic (exact) mass is 552 g/mol. The van der Waals surface area contributed by atoms with Gasteiger partial charge >= 0.3 is 23.6 Å². The molecule has 1 N–H and O–H groups in total. The molecule has 0 spiro atoms. The number of carbonyl (C=O) groups is 3. The lowest BCUT2D eigenvalue weighted by molar-refractivity contribution is -0.166. The fourth-order valence-electron chi connectivity index (χ4n) is 4.28. The Morgan fingerprint density at radius 1 is 0.925 bits per heavy atom. The Balaban J connectivity index is 1.66. The third-order valence-corrected chi connectivity index (χ3v) is 5.91. The molecule has 4 rings (SSSR count). The van der Waals surface area contributed by atoms with E-state index in [9.17, 15) is 24.0 Å². The van der Waals surface area contributed by atoms with Crippen LogP contribution < -0.4 is 16.6 Å². The molecule has 0 radical (unpaired) electrons. The van der Waals surface area contributed by atoms with E-state index in [0.717, 1.165) is 34.7 Å². The number of hydrogen-bond donors (Lipinski definition) is 1. The van der Waals surface area contributed by atoms with E-state index < -0.39 is 53.7 Å². The predicted molar refractivity (Wildman–Crippen MR) is 140 cm³/mol. The van der Waals surface area contributed by atoms with Crippen LogP contribution in [0.4, 0.5) is 11.4 Å². The van der Waals surface area contributed by atoms with Gasteiger partial charge in [-0.2, -0.15) is 0 Å². The molecule has 4 atom stereocenters. The van der Waals surface area contributed by atoms with E-state index in [1.54, 1.807) is 18.3 Å². The highest BCUT2D eigenvalue weighted by atomic mass is 16.7. The Morgan fingerprint density at radius 3 is 2.30 bits per heavy atom. The highest BCUT2D eigenvalue weighted by Crippen LogP contribution is 2.33. The van der Waals surface area contributed by atoms with Gasteiger partial charge in [0.1, 0.15) is 12.7 Å². The van der Waals surface area contributed by atoms with Gasteiger partial charge in [-0.3, -0.25) is 33.3 Å². The number of ether oxygens (including phenoxy) is 4. The van der Waals surface area contributed by atoms with E-state index in [0.29, 0.717) is 11.4 Å². The molecule has 1 fully saturated rings. The number of carbonyl (C=O) groups excluding carboxylic acids is 3. The van der Waals surface area contributed by atoms with Gasteiger partial charge in [-0.1, -0.05) is 18.2 Å². The molecule has 0 saturated carbocycles. The summed E-state index contributed by atoms with van der Waals surface area (Å²) < 4.78 is 23.7. The van der Waals surface area contributed by atoms with E-state index in [2.05, 4.69) is 10.3 Å². The van der Waals surface area contributed by atoms with Crippen molar-refractivity contribution in [2.24, 2.45) is 0 Å². The minimum atomic E-state index is -1.30. The second-order valence-electron chi connectivity index (χ2n) is 8.97. The zero-order valence-electron chi connectivity index (χ0n) is 22.0. The van der Waals surface area contributed by atoms with Crippen LogP contribution in [0.2, 0.25) is 0 Å². The number of rotatable bonds is 9. The molecular formula is C27H28N4O9. The van der Waals surface area contributed by atoms with Crippen LogP contribution in [0.25, 0.3) is 0 Å². The van der Waals surface area contributed by atoms with Crippen LogP contribution in [0.3, 0.4) is 0 Å². The third-order valence-electron chi connectivity index (χ3n) is 5.91. The summed E-state index contributed by atoms with van der Waals surface area (Å²) in [5, 5.41) is 3.23. The molecule has 210 valence electrons. The van der Waals surface area contributed by atoms with Gasteiger partial charge in [0.15, 0.2) is 18.4 Å². The van der Waals surface area contributed by atoms with Crippen LogP contribution in [-0.2, 0) is 39.9 Å². The second-order valence-corrected chi connectivity index (χ2v) is 8.97. The number of esters is 3. The van der Waals surface area contributed by atoms with Crippen molar-refractivity contribution < 1.29 is 33.3 Å². The lowest BCUT2D eigenvalue weighted by Crippen LogP contribution is -2.45. The van der Waals surface area contributed by atoms with Crippen molar-refractivity contribution in [2.75, 3.05) is 11.9 Å². The zero-order chi connectivity index (χ0) is 28.8. The van der Waals surface area contributed by atoms with Crippen LogP contribution >= 0.6 is 0 Å². The fraction of sp³-hybridized carbons (Fsp3) is 0.333. The van der Waals surface area contributed by atoms with Gasteiger partial charge in [0, 0.05) is 50.6 Å². The maximum absolute atomic E-state index is 13.6. The minimum absolute atomic E-state index is 0.169. The first-order valence-corrected chi connectivity index (χ1v) is 12.3. The van der Waals surface area contributed by atoms with E-state index in [-0.39, 0.29) is 13.2 Å². The van der Waals surface area contributed by atoms with Crippen LogP contribution in [0.1, 0.15) is 32.7 Å². The fourth-order valence-corrected chi connectivity index (χ4v) is 4.28. The molecule has 3 aromatic rings. The summed E-state index contributed by atoms with van der Waals surface area (Å²) in [5.41, 5.74) is 0.589. The highest BCUT2D eigenvalue weighted by molar-refractivity contribution is 5.68. The molecule has 2 aromatic heterocycles. The van der Waals surface area contributed by atoms with Gasteiger partial charge in [-0.05, 0) is 24.3 Å². The lowest BCUT2D eigenvalue weighted by atomic mass is 10.1. The Labute approximate surface area is 228 Å². The number of aromatic nitrogens is 3. The summed E-state index contributed by atoms with van der Waals surface area (Å²) in [7, 11) is 0. The van der Waals surface area contributed by atoms with Crippen molar-refractivity contribution in [1.29, 1.82) is 0 Å². The summed E-state index contributed by atoms with van der Waals surface area (Å²) in [5.74, 6) is -2.04. The average molecular weight is 553 g/mol. The average Bonchev–Trinajstić information content (AvgIpc) is 3.21. The normalized spacial score (nSPS) is 20.0. The van der Waals surface area contributed by atoms with Crippen molar-refractivity contribution in [3.63, 3.8) is 0 Å². The van der Waals surface area contributed by atoms with Crippen molar-refractivity contribution in [2.45, 2.75) is 51.9 Å². The van der Waals surface area contributed by atoms with Crippen LogP contribution in [-0.4, -0.2) is 56.9 Å². The molecule has 2 unspecified atom stereocenters. The molecule has 1 aliphatic rings. The van der Waals surface area contributed by atoms with Gasteiger partial charge in [0.25, 0.3) is 5.56 Å². The van der Waals surface area contributed by atoms with Gasteiger partial charge in [-0.25, -0.2) is 4.79 Å². The largest absolute Gasteiger partial charge is 0.463 e. The van der Waals surface area contributed by atoms with E-state index in [1.165, 1.54) is 13.1 Å². The van der Waals surface area contributed by atoms with E-state index in [4.69, 9.17) is 18.9 Å². The summed E-state index contributed by atoms with van der Waals surface area (Å²) in [4.78, 5) is 65.7.